The van der Waals surface area contributed by atoms with Gasteiger partial charge in [0.2, 0.25) is 0 Å². The van der Waals surface area contributed by atoms with E-state index in [9.17, 15) is 22.8 Å². The van der Waals surface area contributed by atoms with E-state index in [1.807, 2.05) is 0 Å². The number of aromatic nitrogens is 2. The molecule has 0 radical (unpaired) electrons. The summed E-state index contributed by atoms with van der Waals surface area (Å²) in [7, 11) is 0. The van der Waals surface area contributed by atoms with E-state index in [-0.39, 0.29) is 28.1 Å². The first-order valence-electron chi connectivity index (χ1n) is 9.01. The number of carbonyl (C=O) groups is 1. The van der Waals surface area contributed by atoms with Gasteiger partial charge in [-0.2, -0.15) is 23.0 Å². The number of rotatable bonds is 4. The molecule has 0 spiro atoms. The fraction of sp³-hybridized carbons (Fsp3) is 0.136. The van der Waals surface area contributed by atoms with Crippen LogP contribution in [-0.4, -0.2) is 15.7 Å². The lowest BCUT2D eigenvalue weighted by Crippen LogP contribution is -2.32. The summed E-state index contributed by atoms with van der Waals surface area (Å²) in [5.41, 5.74) is 9.13. The Balaban J connectivity index is 2.34. The van der Waals surface area contributed by atoms with Crippen LogP contribution in [0.25, 0.3) is 5.69 Å². The number of primary amides is 1. The molecule has 0 aliphatic rings. The summed E-state index contributed by atoms with van der Waals surface area (Å²) in [5, 5.41) is 4.01. The lowest BCUT2D eigenvalue weighted by Gasteiger charge is -2.19. The van der Waals surface area contributed by atoms with Crippen molar-refractivity contribution in [3.05, 3.63) is 86.8 Å². The molecule has 0 fully saturated rings. The molecule has 0 bridgehead atoms. The van der Waals surface area contributed by atoms with Gasteiger partial charge in [0.05, 0.1) is 16.8 Å². The van der Waals surface area contributed by atoms with Crippen molar-refractivity contribution in [1.29, 1.82) is 0 Å². The summed E-state index contributed by atoms with van der Waals surface area (Å²) in [6.07, 6.45) is 0.902. The van der Waals surface area contributed by atoms with Gasteiger partial charge in [0.1, 0.15) is 0 Å². The minimum absolute atomic E-state index is 0.0890. The lowest BCUT2D eigenvalue weighted by molar-refractivity contribution is -0.137. The molecule has 31 heavy (non-hydrogen) atoms. The number of anilines is 1. The number of alkyl halides is 3. The number of nitrogen functional groups attached to an aromatic ring is 1. The molecule has 0 unspecified atom stereocenters. The Bertz CT molecular complexity index is 1260. The fourth-order valence-electron chi connectivity index (χ4n) is 3.27. The van der Waals surface area contributed by atoms with Gasteiger partial charge in [-0.05, 0) is 35.9 Å². The van der Waals surface area contributed by atoms with Crippen LogP contribution in [0.2, 0.25) is 0 Å². The maximum absolute atomic E-state index is 13.3. The van der Waals surface area contributed by atoms with Crippen LogP contribution in [0, 0.1) is 12.3 Å². The zero-order chi connectivity index (χ0) is 22.9. The largest absolute Gasteiger partial charge is 0.416 e. The number of halogens is 3. The second kappa shape index (κ2) is 7.99. The Hall–Kier alpha value is -4.06. The van der Waals surface area contributed by atoms with E-state index in [0.29, 0.717) is 5.69 Å². The van der Waals surface area contributed by atoms with Gasteiger partial charge in [-0.1, -0.05) is 31.0 Å². The lowest BCUT2D eigenvalue weighted by atomic mass is 9.88. The molecule has 1 heterocycles. The molecule has 0 aliphatic carbocycles. The normalized spacial score (nSPS) is 12.2. The number of amides is 1. The van der Waals surface area contributed by atoms with Gasteiger partial charge < -0.3 is 11.5 Å². The topological polar surface area (TPSA) is 104 Å². The van der Waals surface area contributed by atoms with Crippen molar-refractivity contribution in [2.75, 3.05) is 5.73 Å². The van der Waals surface area contributed by atoms with E-state index in [4.69, 9.17) is 17.9 Å². The molecule has 1 amide bonds. The van der Waals surface area contributed by atoms with Gasteiger partial charge in [0, 0.05) is 17.2 Å². The first-order chi connectivity index (χ1) is 14.5. The third kappa shape index (κ3) is 4.14. The Labute approximate surface area is 175 Å². The van der Waals surface area contributed by atoms with Crippen molar-refractivity contribution in [3.8, 4) is 18.0 Å². The minimum atomic E-state index is -4.64. The van der Waals surface area contributed by atoms with E-state index in [2.05, 4.69) is 11.0 Å². The summed E-state index contributed by atoms with van der Waals surface area (Å²) in [4.78, 5) is 25.3. The van der Waals surface area contributed by atoms with E-state index in [1.165, 1.54) is 13.0 Å². The molecular formula is C22H17F3N4O2. The van der Waals surface area contributed by atoms with Crippen LogP contribution in [0.4, 0.5) is 18.9 Å². The van der Waals surface area contributed by atoms with E-state index >= 15 is 0 Å². The molecule has 0 aliphatic heterocycles. The minimum Gasteiger partial charge on any atom is -0.399 e. The van der Waals surface area contributed by atoms with Gasteiger partial charge in [0.25, 0.3) is 11.5 Å². The van der Waals surface area contributed by atoms with Crippen molar-refractivity contribution in [2.45, 2.75) is 19.0 Å². The van der Waals surface area contributed by atoms with Crippen LogP contribution in [0.15, 0.2) is 53.3 Å². The number of hydrogen-bond acceptors (Lipinski definition) is 4. The second-order valence-electron chi connectivity index (χ2n) is 6.81. The first-order valence-corrected chi connectivity index (χ1v) is 9.01. The monoisotopic (exact) mass is 426 g/mol. The van der Waals surface area contributed by atoms with Crippen molar-refractivity contribution in [2.24, 2.45) is 5.73 Å². The van der Waals surface area contributed by atoms with Crippen molar-refractivity contribution >= 4 is 11.6 Å². The summed E-state index contributed by atoms with van der Waals surface area (Å²) >= 11 is 0. The molecule has 3 aromatic rings. The second-order valence-corrected chi connectivity index (χ2v) is 6.81. The third-order valence-electron chi connectivity index (χ3n) is 4.75. The van der Waals surface area contributed by atoms with Gasteiger partial charge in [-0.15, -0.1) is 6.42 Å². The van der Waals surface area contributed by atoms with Crippen LogP contribution in [0.1, 0.15) is 45.6 Å². The predicted octanol–water partition coefficient (Wildman–Crippen LogP) is 3.07. The molecular weight excluding hydrogens is 409 g/mol. The maximum atomic E-state index is 13.3. The Morgan fingerprint density at radius 2 is 1.84 bits per heavy atom. The Morgan fingerprint density at radius 3 is 2.39 bits per heavy atom. The quantitative estimate of drug-likeness (QED) is 0.494. The van der Waals surface area contributed by atoms with Crippen LogP contribution >= 0.6 is 0 Å². The average molecular weight is 426 g/mol. The highest BCUT2D eigenvalue weighted by Gasteiger charge is 2.32. The Kier molecular flexibility index (Phi) is 5.58. The van der Waals surface area contributed by atoms with E-state index in [0.717, 1.165) is 16.8 Å². The van der Waals surface area contributed by atoms with Gasteiger partial charge in [-0.3, -0.25) is 9.59 Å². The van der Waals surface area contributed by atoms with Crippen molar-refractivity contribution in [3.63, 3.8) is 0 Å². The van der Waals surface area contributed by atoms with Crippen molar-refractivity contribution < 1.29 is 18.0 Å². The first kappa shape index (κ1) is 21.6. The zero-order valence-electron chi connectivity index (χ0n) is 16.3. The number of nitrogens with two attached hydrogens (primary N) is 2. The van der Waals surface area contributed by atoms with Gasteiger partial charge >= 0.3 is 6.18 Å². The Morgan fingerprint density at radius 1 is 1.19 bits per heavy atom. The number of nitrogens with zero attached hydrogens (tertiary/aromatic N) is 2. The molecule has 158 valence electrons. The molecule has 0 saturated carbocycles. The third-order valence-corrected chi connectivity index (χ3v) is 4.75. The van der Waals surface area contributed by atoms with E-state index < -0.39 is 29.1 Å². The number of para-hydroxylation sites is 1. The predicted molar refractivity (Wildman–Crippen MR) is 110 cm³/mol. The number of carbonyl (C=O) groups excluding carboxylic acids is 1. The summed E-state index contributed by atoms with van der Waals surface area (Å²) in [5.74, 6) is 0.323. The van der Waals surface area contributed by atoms with Gasteiger partial charge in [0.15, 0.2) is 5.69 Å². The SMILES string of the molecule is C#Cc1c(C(N)=O)nn(-c2ccccc2)c(=O)c1[C@H](C)c1cc(N)cc(C(F)(F)F)c1. The van der Waals surface area contributed by atoms with Crippen LogP contribution in [-0.2, 0) is 6.18 Å². The highest BCUT2D eigenvalue weighted by atomic mass is 19.4. The number of hydrogen-bond donors (Lipinski definition) is 2. The maximum Gasteiger partial charge on any atom is 0.416 e. The van der Waals surface area contributed by atoms with Crippen LogP contribution in [0.5, 0.6) is 0 Å². The zero-order valence-corrected chi connectivity index (χ0v) is 16.3. The molecule has 1 aromatic heterocycles. The average Bonchev–Trinajstić information content (AvgIpc) is 2.72. The van der Waals surface area contributed by atoms with Crippen LogP contribution < -0.4 is 17.0 Å². The smallest absolute Gasteiger partial charge is 0.399 e. The molecule has 4 N–H and O–H groups in total. The summed E-state index contributed by atoms with van der Waals surface area (Å²) in [6, 6.07) is 11.2. The van der Waals surface area contributed by atoms with Crippen molar-refractivity contribution in [1.82, 2.24) is 9.78 Å². The molecule has 1 atom stereocenters. The fourth-order valence-corrected chi connectivity index (χ4v) is 3.27. The number of benzene rings is 2. The highest BCUT2D eigenvalue weighted by molar-refractivity contribution is 5.93. The molecule has 0 saturated heterocycles. The summed E-state index contributed by atoms with van der Waals surface area (Å²) < 4.78 is 40.8. The molecule has 2 aromatic carbocycles. The van der Waals surface area contributed by atoms with Crippen LogP contribution in [0.3, 0.4) is 0 Å². The molecule has 3 rings (SSSR count). The van der Waals surface area contributed by atoms with E-state index in [1.54, 1.807) is 30.3 Å². The standard InChI is InChI=1S/C22H17F3N4O2/c1-3-17-18(12(2)13-9-14(22(23,24)25)11-15(26)10-13)21(31)29(28-19(17)20(27)30)16-7-5-4-6-8-16/h1,4-12H,26H2,2H3,(H2,27,30)/t12-/m1/s1. The molecule has 6 nitrogen and oxygen atoms in total. The molecule has 9 heteroatoms. The van der Waals surface area contributed by atoms with Gasteiger partial charge in [-0.25, -0.2) is 0 Å². The number of terminal acetylenes is 1. The summed E-state index contributed by atoms with van der Waals surface area (Å²) in [6.45, 7) is 1.49. The highest BCUT2D eigenvalue weighted by Crippen LogP contribution is 2.35.